The quantitative estimate of drug-likeness (QED) is 0.328. The van der Waals surface area contributed by atoms with Gasteiger partial charge in [-0.25, -0.2) is 9.97 Å². The fourth-order valence-electron chi connectivity index (χ4n) is 2.93. The highest BCUT2D eigenvalue weighted by molar-refractivity contribution is 7.98. The predicted octanol–water partition coefficient (Wildman–Crippen LogP) is 6.53. The van der Waals surface area contributed by atoms with Crippen molar-refractivity contribution >= 4 is 62.5 Å². The summed E-state index contributed by atoms with van der Waals surface area (Å²) in [5.41, 5.74) is 5.37. The molecule has 0 fully saturated rings. The molecule has 0 unspecified atom stereocenters. The second-order valence-electron chi connectivity index (χ2n) is 6.58. The number of hydrogen-bond donors (Lipinski definition) is 0. The van der Waals surface area contributed by atoms with Crippen LogP contribution in [-0.2, 0) is 10.5 Å². The second kappa shape index (κ2) is 8.18. The van der Waals surface area contributed by atoms with Gasteiger partial charge in [0, 0.05) is 29.1 Å². The lowest BCUT2D eigenvalue weighted by Gasteiger charge is -2.21. The van der Waals surface area contributed by atoms with Gasteiger partial charge in [0.15, 0.2) is 10.7 Å². The maximum Gasteiger partial charge on any atom is 0.257 e. The van der Waals surface area contributed by atoms with Gasteiger partial charge < -0.3 is 4.42 Å². The Morgan fingerprint density at radius 1 is 1.24 bits per heavy atom. The Balaban J connectivity index is 1.54. The molecule has 5 nitrogen and oxygen atoms in total. The summed E-state index contributed by atoms with van der Waals surface area (Å²) in [6.07, 6.45) is 0. The van der Waals surface area contributed by atoms with Gasteiger partial charge in [-0.05, 0) is 43.2 Å². The summed E-state index contributed by atoms with van der Waals surface area (Å²) in [6.45, 7) is 5.61. The average molecular weight is 444 g/mol. The molecule has 0 saturated heterocycles. The van der Waals surface area contributed by atoms with Gasteiger partial charge in [0.2, 0.25) is 5.91 Å². The third-order valence-corrected chi connectivity index (χ3v) is 6.51. The van der Waals surface area contributed by atoms with Crippen molar-refractivity contribution in [3.63, 3.8) is 0 Å². The van der Waals surface area contributed by atoms with E-state index in [1.165, 1.54) is 23.1 Å². The number of anilines is 2. The van der Waals surface area contributed by atoms with E-state index >= 15 is 0 Å². The molecular weight excluding hydrogens is 426 g/mol. The number of benzene rings is 2. The number of aromatic nitrogens is 2. The van der Waals surface area contributed by atoms with Gasteiger partial charge in [-0.15, -0.1) is 11.3 Å². The first kappa shape index (κ1) is 19.9. The fourth-order valence-corrected chi connectivity index (χ4v) is 4.80. The van der Waals surface area contributed by atoms with E-state index < -0.39 is 0 Å². The van der Waals surface area contributed by atoms with Crippen LogP contribution in [0.25, 0.3) is 11.1 Å². The molecule has 0 aliphatic carbocycles. The first-order valence-electron chi connectivity index (χ1n) is 8.92. The highest BCUT2D eigenvalue weighted by Gasteiger charge is 2.20. The van der Waals surface area contributed by atoms with Crippen LogP contribution in [0.2, 0.25) is 5.02 Å². The van der Waals surface area contributed by atoms with Crippen LogP contribution in [0.15, 0.2) is 51.4 Å². The molecule has 8 heteroatoms. The molecule has 2 heterocycles. The fraction of sp³-hybridized carbons (Fsp3) is 0.190. The molecule has 0 N–H and O–H groups in total. The van der Waals surface area contributed by atoms with Gasteiger partial charge in [0.1, 0.15) is 5.52 Å². The highest BCUT2D eigenvalue weighted by Crippen LogP contribution is 2.34. The third kappa shape index (κ3) is 4.17. The normalized spacial score (nSPS) is 11.2. The zero-order valence-corrected chi connectivity index (χ0v) is 18.5. The van der Waals surface area contributed by atoms with Crippen LogP contribution in [0.4, 0.5) is 10.8 Å². The summed E-state index contributed by atoms with van der Waals surface area (Å²) in [4.78, 5) is 23.2. The van der Waals surface area contributed by atoms with Gasteiger partial charge in [0.05, 0.1) is 11.4 Å². The average Bonchev–Trinajstić information content (AvgIpc) is 3.29. The molecule has 1 amide bonds. The molecule has 29 heavy (non-hydrogen) atoms. The number of nitrogens with zero attached hydrogens (tertiary/aromatic N) is 3. The number of aryl methyl sites for hydroxylation is 1. The summed E-state index contributed by atoms with van der Waals surface area (Å²) in [6, 6.07) is 11.3. The lowest BCUT2D eigenvalue weighted by Crippen LogP contribution is -2.23. The van der Waals surface area contributed by atoms with Gasteiger partial charge in [-0.1, -0.05) is 35.5 Å². The predicted molar refractivity (Wildman–Crippen MR) is 119 cm³/mol. The number of thioether (sulfide) groups is 1. The zero-order valence-electron chi connectivity index (χ0n) is 16.1. The van der Waals surface area contributed by atoms with Crippen LogP contribution in [0, 0.1) is 13.8 Å². The number of fused-ring (bicyclic) bond motifs is 1. The zero-order chi connectivity index (χ0) is 20.5. The summed E-state index contributed by atoms with van der Waals surface area (Å²) in [5, 5.41) is 3.80. The van der Waals surface area contributed by atoms with Crippen molar-refractivity contribution in [2.75, 3.05) is 4.90 Å². The Morgan fingerprint density at radius 2 is 2.07 bits per heavy atom. The molecule has 4 aromatic rings. The summed E-state index contributed by atoms with van der Waals surface area (Å²) in [7, 11) is 0. The van der Waals surface area contributed by atoms with Crippen molar-refractivity contribution in [2.24, 2.45) is 0 Å². The lowest BCUT2D eigenvalue weighted by molar-refractivity contribution is -0.115. The molecular formula is C21H18ClN3O2S2. The molecule has 0 bridgehead atoms. The van der Waals surface area contributed by atoms with Gasteiger partial charge >= 0.3 is 0 Å². The van der Waals surface area contributed by atoms with E-state index in [4.69, 9.17) is 16.0 Å². The van der Waals surface area contributed by atoms with E-state index in [1.54, 1.807) is 24.0 Å². The number of carbonyl (C=O) groups is 1. The van der Waals surface area contributed by atoms with Crippen LogP contribution in [0.1, 0.15) is 23.7 Å². The summed E-state index contributed by atoms with van der Waals surface area (Å²) >= 11 is 8.90. The van der Waals surface area contributed by atoms with Crippen LogP contribution in [-0.4, -0.2) is 15.9 Å². The number of halogens is 1. The Labute approximate surface area is 181 Å². The van der Waals surface area contributed by atoms with Crippen molar-refractivity contribution in [1.82, 2.24) is 9.97 Å². The third-order valence-electron chi connectivity index (χ3n) is 4.54. The first-order valence-corrected chi connectivity index (χ1v) is 11.2. The number of oxazole rings is 1. The highest BCUT2D eigenvalue weighted by atomic mass is 35.5. The van der Waals surface area contributed by atoms with E-state index in [1.807, 2.05) is 43.5 Å². The van der Waals surface area contributed by atoms with E-state index in [-0.39, 0.29) is 5.91 Å². The SMILES string of the molecule is CC(=O)N(c1nc(CSc2nc3ccc(Cl)cc3o2)cs1)c1cccc(C)c1C. The van der Waals surface area contributed by atoms with Gasteiger partial charge in [0.25, 0.3) is 5.22 Å². The van der Waals surface area contributed by atoms with Crippen molar-refractivity contribution in [3.8, 4) is 0 Å². The first-order chi connectivity index (χ1) is 13.9. The number of rotatable bonds is 5. The Kier molecular flexibility index (Phi) is 5.63. The number of thiazole rings is 1. The van der Waals surface area contributed by atoms with E-state index in [0.29, 0.717) is 26.7 Å². The molecule has 2 aromatic heterocycles. The number of carbonyl (C=O) groups excluding carboxylic acids is 1. The Bertz CT molecular complexity index is 1200. The number of hydrogen-bond acceptors (Lipinski definition) is 6. The molecule has 0 saturated carbocycles. The van der Waals surface area contributed by atoms with Crippen LogP contribution >= 0.6 is 34.7 Å². The molecule has 2 aromatic carbocycles. The Hall–Kier alpha value is -2.35. The van der Waals surface area contributed by atoms with E-state index in [9.17, 15) is 4.79 Å². The standard InChI is InChI=1S/C21H18ClN3O2S2/c1-12-5-4-6-18(13(12)2)25(14(3)26)20-23-16(10-28-20)11-29-21-24-17-8-7-15(22)9-19(17)27-21/h4-10H,11H2,1-3H3. The van der Waals surface area contributed by atoms with Crippen LogP contribution < -0.4 is 4.90 Å². The molecule has 0 aliphatic heterocycles. The maximum atomic E-state index is 12.4. The van der Waals surface area contributed by atoms with Gasteiger partial charge in [-0.2, -0.15) is 0 Å². The number of amides is 1. The second-order valence-corrected chi connectivity index (χ2v) is 8.77. The van der Waals surface area contributed by atoms with Gasteiger partial charge in [-0.3, -0.25) is 9.69 Å². The van der Waals surface area contributed by atoms with Crippen molar-refractivity contribution in [3.05, 3.63) is 63.6 Å². The monoisotopic (exact) mass is 443 g/mol. The van der Waals surface area contributed by atoms with Crippen molar-refractivity contribution in [2.45, 2.75) is 31.7 Å². The molecule has 4 rings (SSSR count). The largest absolute Gasteiger partial charge is 0.431 e. The minimum atomic E-state index is -0.0666. The molecule has 0 aliphatic rings. The van der Waals surface area contributed by atoms with Crippen molar-refractivity contribution in [1.29, 1.82) is 0 Å². The molecule has 0 radical (unpaired) electrons. The maximum absolute atomic E-state index is 12.4. The van der Waals surface area contributed by atoms with Crippen molar-refractivity contribution < 1.29 is 9.21 Å². The topological polar surface area (TPSA) is 59.2 Å². The minimum absolute atomic E-state index is 0.0666. The van der Waals surface area contributed by atoms with E-state index in [0.717, 1.165) is 28.0 Å². The van der Waals surface area contributed by atoms with Crippen LogP contribution in [0.3, 0.4) is 0 Å². The van der Waals surface area contributed by atoms with Crippen LogP contribution in [0.5, 0.6) is 0 Å². The molecule has 0 spiro atoms. The van der Waals surface area contributed by atoms with E-state index in [2.05, 4.69) is 9.97 Å². The molecule has 148 valence electrons. The minimum Gasteiger partial charge on any atom is -0.431 e. The summed E-state index contributed by atoms with van der Waals surface area (Å²) < 4.78 is 5.74. The lowest BCUT2D eigenvalue weighted by atomic mass is 10.1. The molecule has 0 atom stereocenters. The smallest absolute Gasteiger partial charge is 0.257 e. The summed E-state index contributed by atoms with van der Waals surface area (Å²) in [5.74, 6) is 0.526. The Morgan fingerprint density at radius 3 is 2.86 bits per heavy atom.